The van der Waals surface area contributed by atoms with Gasteiger partial charge in [-0.2, -0.15) is 5.10 Å². The van der Waals surface area contributed by atoms with Crippen molar-refractivity contribution in [1.29, 1.82) is 0 Å². The maximum atomic E-state index is 12.3. The molecule has 2 aromatic rings. The molecule has 1 aromatic heterocycles. The van der Waals surface area contributed by atoms with Crippen LogP contribution in [0, 0.1) is 0 Å². The van der Waals surface area contributed by atoms with Gasteiger partial charge in [0.1, 0.15) is 0 Å². The molecule has 7 heteroatoms. The van der Waals surface area contributed by atoms with Crippen LogP contribution in [0.3, 0.4) is 0 Å². The van der Waals surface area contributed by atoms with E-state index in [4.69, 9.17) is 0 Å². The fourth-order valence-corrected chi connectivity index (χ4v) is 2.92. The zero-order valence-electron chi connectivity index (χ0n) is 13.9. The monoisotopic (exact) mass is 347 g/mol. The summed E-state index contributed by atoms with van der Waals surface area (Å²) in [7, 11) is -3.88. The Morgan fingerprint density at radius 1 is 1.29 bits per heavy atom. The van der Waals surface area contributed by atoms with E-state index in [0.717, 1.165) is 11.0 Å². The molecule has 6 nitrogen and oxygen atoms in total. The van der Waals surface area contributed by atoms with Crippen LogP contribution in [0.5, 0.6) is 0 Å². The second-order valence-corrected chi connectivity index (χ2v) is 7.19. The number of amides is 1. The minimum atomic E-state index is -3.88. The number of nitrogens with one attached hydrogen (secondary N) is 1. The van der Waals surface area contributed by atoms with Crippen molar-refractivity contribution >= 4 is 22.0 Å². The summed E-state index contributed by atoms with van der Waals surface area (Å²) in [5, 5.41) is 5.30. The van der Waals surface area contributed by atoms with Crippen LogP contribution in [0.15, 0.2) is 41.9 Å². The van der Waals surface area contributed by atoms with Gasteiger partial charge in [-0.1, -0.05) is 44.2 Å². The summed E-state index contributed by atoms with van der Waals surface area (Å²) in [5.41, 5.74) is 1.59. The van der Waals surface area contributed by atoms with Crippen LogP contribution in [-0.4, -0.2) is 24.1 Å². The van der Waals surface area contributed by atoms with Crippen LogP contribution in [0.4, 0.5) is 0 Å². The van der Waals surface area contributed by atoms with Crippen molar-refractivity contribution in [3.05, 3.63) is 58.8 Å². The largest absolute Gasteiger partial charge is 0.272 e. The van der Waals surface area contributed by atoms with Gasteiger partial charge in [-0.15, -0.1) is 0 Å². The van der Waals surface area contributed by atoms with Gasteiger partial charge in [0.25, 0.3) is 15.9 Å². The molecule has 0 aliphatic carbocycles. The lowest BCUT2D eigenvalue weighted by Gasteiger charge is -2.05. The van der Waals surface area contributed by atoms with Crippen molar-refractivity contribution < 1.29 is 13.2 Å². The number of sulfonamides is 1. The SMILES string of the molecule is CCn1cc(C(=O)NS(=O)(=O)/C=C\c2ccccc2)c(C(C)C)n1. The summed E-state index contributed by atoms with van der Waals surface area (Å²) in [6.45, 7) is 6.32. The third-order valence-electron chi connectivity index (χ3n) is 3.38. The molecule has 0 atom stereocenters. The van der Waals surface area contributed by atoms with Crippen molar-refractivity contribution in [2.75, 3.05) is 0 Å². The van der Waals surface area contributed by atoms with Gasteiger partial charge >= 0.3 is 0 Å². The lowest BCUT2D eigenvalue weighted by molar-refractivity contribution is 0.0980. The minimum Gasteiger partial charge on any atom is -0.272 e. The number of nitrogens with zero attached hydrogens (tertiary/aromatic N) is 2. The van der Waals surface area contributed by atoms with E-state index >= 15 is 0 Å². The zero-order valence-corrected chi connectivity index (χ0v) is 14.7. The average molecular weight is 347 g/mol. The van der Waals surface area contributed by atoms with Crippen molar-refractivity contribution in [3.8, 4) is 0 Å². The van der Waals surface area contributed by atoms with E-state index < -0.39 is 15.9 Å². The lowest BCUT2D eigenvalue weighted by Crippen LogP contribution is -2.29. The lowest BCUT2D eigenvalue weighted by atomic mass is 10.1. The van der Waals surface area contributed by atoms with Crippen LogP contribution in [-0.2, 0) is 16.6 Å². The van der Waals surface area contributed by atoms with E-state index in [9.17, 15) is 13.2 Å². The molecule has 1 heterocycles. The van der Waals surface area contributed by atoms with Gasteiger partial charge in [-0.25, -0.2) is 13.1 Å². The Hall–Kier alpha value is -2.41. The van der Waals surface area contributed by atoms with Crippen LogP contribution in [0.1, 0.15) is 48.3 Å². The molecule has 1 aromatic carbocycles. The number of hydrogen-bond acceptors (Lipinski definition) is 4. The molecule has 0 unspecified atom stereocenters. The fraction of sp³-hybridized carbons (Fsp3) is 0.294. The molecule has 128 valence electrons. The molecule has 1 N–H and O–H groups in total. The zero-order chi connectivity index (χ0) is 17.7. The van der Waals surface area contributed by atoms with Gasteiger partial charge in [0, 0.05) is 12.7 Å². The maximum absolute atomic E-state index is 12.3. The number of aromatic nitrogens is 2. The van der Waals surface area contributed by atoms with Crippen LogP contribution >= 0.6 is 0 Å². The smallest absolute Gasteiger partial charge is 0.268 e. The first kappa shape index (κ1) is 17.9. The molecule has 0 spiro atoms. The van der Waals surface area contributed by atoms with Crippen LogP contribution in [0.25, 0.3) is 6.08 Å². The molecule has 0 radical (unpaired) electrons. The van der Waals surface area contributed by atoms with Gasteiger partial charge in [0.15, 0.2) is 0 Å². The highest BCUT2D eigenvalue weighted by molar-refractivity contribution is 7.93. The Labute approximate surface area is 142 Å². The van der Waals surface area contributed by atoms with E-state index in [1.807, 2.05) is 26.8 Å². The minimum absolute atomic E-state index is 0.0149. The average Bonchev–Trinajstić information content (AvgIpc) is 2.98. The molecule has 2 rings (SSSR count). The Kier molecular flexibility index (Phi) is 5.56. The van der Waals surface area contributed by atoms with Gasteiger partial charge in [-0.3, -0.25) is 9.48 Å². The second kappa shape index (κ2) is 7.44. The summed E-state index contributed by atoms with van der Waals surface area (Å²) in [6.07, 6.45) is 3.01. The van der Waals surface area contributed by atoms with E-state index in [1.165, 1.54) is 6.08 Å². The standard InChI is InChI=1S/C17H21N3O3S/c1-4-20-12-15(16(18-20)13(2)3)17(21)19-24(22,23)11-10-14-8-6-5-7-9-14/h5-13H,4H2,1-3H3,(H,19,21)/b11-10-. The highest BCUT2D eigenvalue weighted by Crippen LogP contribution is 2.18. The Morgan fingerprint density at radius 3 is 2.54 bits per heavy atom. The van der Waals surface area contributed by atoms with Crippen molar-refractivity contribution in [2.45, 2.75) is 33.2 Å². The summed E-state index contributed by atoms with van der Waals surface area (Å²) in [6, 6.07) is 9.00. The predicted octanol–water partition coefficient (Wildman–Crippen LogP) is 2.76. The molecular formula is C17H21N3O3S. The first-order chi connectivity index (χ1) is 11.3. The van der Waals surface area contributed by atoms with Crippen LogP contribution < -0.4 is 4.72 Å². The summed E-state index contributed by atoms with van der Waals surface area (Å²) < 4.78 is 27.9. The summed E-state index contributed by atoms with van der Waals surface area (Å²) in [5.74, 6) is -0.655. The number of rotatable bonds is 6. The maximum Gasteiger partial charge on any atom is 0.268 e. The molecule has 24 heavy (non-hydrogen) atoms. The third-order valence-corrected chi connectivity index (χ3v) is 4.34. The number of hydrogen-bond donors (Lipinski definition) is 1. The Morgan fingerprint density at radius 2 is 1.96 bits per heavy atom. The Balaban J connectivity index is 2.19. The van der Waals surface area contributed by atoms with Crippen molar-refractivity contribution in [2.24, 2.45) is 0 Å². The number of benzene rings is 1. The summed E-state index contributed by atoms with van der Waals surface area (Å²) in [4.78, 5) is 12.3. The second-order valence-electron chi connectivity index (χ2n) is 5.63. The first-order valence-corrected chi connectivity index (χ1v) is 9.24. The Bertz CT molecular complexity index is 837. The predicted molar refractivity (Wildman–Crippen MR) is 93.9 cm³/mol. The number of carbonyl (C=O) groups is 1. The van der Waals surface area contributed by atoms with Crippen LogP contribution in [0.2, 0.25) is 0 Å². The topological polar surface area (TPSA) is 81.1 Å². The highest BCUT2D eigenvalue weighted by Gasteiger charge is 2.21. The van der Waals surface area contributed by atoms with E-state index in [1.54, 1.807) is 35.1 Å². The first-order valence-electron chi connectivity index (χ1n) is 7.70. The number of carbonyl (C=O) groups excluding carboxylic acids is 1. The molecule has 0 aliphatic heterocycles. The van der Waals surface area contributed by atoms with Gasteiger partial charge in [0.2, 0.25) is 0 Å². The van der Waals surface area contributed by atoms with Crippen molar-refractivity contribution in [1.82, 2.24) is 14.5 Å². The quantitative estimate of drug-likeness (QED) is 0.871. The fourth-order valence-electron chi connectivity index (χ4n) is 2.15. The highest BCUT2D eigenvalue weighted by atomic mass is 32.2. The van der Waals surface area contributed by atoms with Crippen molar-refractivity contribution in [3.63, 3.8) is 0 Å². The van der Waals surface area contributed by atoms with Gasteiger partial charge < -0.3 is 0 Å². The van der Waals surface area contributed by atoms with E-state index in [-0.39, 0.29) is 11.5 Å². The molecule has 0 aliphatic rings. The van der Waals surface area contributed by atoms with Gasteiger partial charge in [0.05, 0.1) is 16.7 Å². The summed E-state index contributed by atoms with van der Waals surface area (Å²) >= 11 is 0. The molecular weight excluding hydrogens is 326 g/mol. The molecule has 0 fully saturated rings. The van der Waals surface area contributed by atoms with Gasteiger partial charge in [-0.05, 0) is 24.5 Å². The number of aryl methyl sites for hydroxylation is 1. The molecule has 1 amide bonds. The molecule has 0 bridgehead atoms. The van der Waals surface area contributed by atoms with E-state index in [2.05, 4.69) is 9.82 Å². The molecule has 0 saturated heterocycles. The molecule has 0 saturated carbocycles. The third kappa shape index (κ3) is 4.55. The normalized spacial score (nSPS) is 12.0. The van der Waals surface area contributed by atoms with E-state index in [0.29, 0.717) is 12.2 Å².